The topological polar surface area (TPSA) is 106 Å². The number of rotatable bonds is 4. The molecule has 0 spiro atoms. The second kappa shape index (κ2) is 5.74. The molecule has 0 aromatic carbocycles. The van der Waals surface area contributed by atoms with Crippen LogP contribution in [-0.2, 0) is 6.54 Å². The number of aryl methyl sites for hydroxylation is 1. The van der Waals surface area contributed by atoms with Crippen molar-refractivity contribution in [2.75, 3.05) is 5.32 Å². The van der Waals surface area contributed by atoms with Gasteiger partial charge in [0.2, 0.25) is 11.0 Å². The molecule has 0 unspecified atom stereocenters. The zero-order chi connectivity index (χ0) is 13.8. The molecule has 0 bridgehead atoms. The van der Waals surface area contributed by atoms with Crippen LogP contribution in [0, 0.1) is 6.92 Å². The summed E-state index contributed by atoms with van der Waals surface area (Å²) in [7, 11) is 0. The van der Waals surface area contributed by atoms with Crippen molar-refractivity contribution >= 4 is 22.5 Å². The molecule has 0 fully saturated rings. The van der Waals surface area contributed by atoms with Crippen LogP contribution in [-0.4, -0.2) is 26.4 Å². The van der Waals surface area contributed by atoms with Crippen LogP contribution in [0.25, 0.3) is 0 Å². The van der Waals surface area contributed by atoms with E-state index in [1.165, 1.54) is 11.3 Å². The van der Waals surface area contributed by atoms with Crippen molar-refractivity contribution in [1.29, 1.82) is 0 Å². The standard InChI is InChI=1S/C10H14N6O2S/c1-5(2)8-14-15-10(19-8)13-9(17)11-4-7-12-6(3)18-16-7/h5H,4H2,1-3H3,(H2,11,13,15,17). The summed E-state index contributed by atoms with van der Waals surface area (Å²) in [5.74, 6) is 1.18. The molecule has 0 aliphatic heterocycles. The third-order valence-electron chi connectivity index (χ3n) is 2.13. The summed E-state index contributed by atoms with van der Waals surface area (Å²) < 4.78 is 4.79. The number of hydrogen-bond donors (Lipinski definition) is 2. The largest absolute Gasteiger partial charge is 0.340 e. The third kappa shape index (κ3) is 3.71. The Bertz CT molecular complexity index is 564. The molecule has 2 aromatic heterocycles. The van der Waals surface area contributed by atoms with E-state index < -0.39 is 0 Å². The van der Waals surface area contributed by atoms with Gasteiger partial charge in [-0.1, -0.05) is 30.3 Å². The minimum absolute atomic E-state index is 0.193. The van der Waals surface area contributed by atoms with Crippen molar-refractivity contribution in [1.82, 2.24) is 25.7 Å². The summed E-state index contributed by atoms with van der Waals surface area (Å²) in [6.45, 7) is 5.91. The molecule has 0 saturated carbocycles. The van der Waals surface area contributed by atoms with Crippen molar-refractivity contribution in [2.45, 2.75) is 33.2 Å². The van der Waals surface area contributed by atoms with E-state index in [0.717, 1.165) is 5.01 Å². The van der Waals surface area contributed by atoms with Gasteiger partial charge in [0.05, 0.1) is 6.54 Å². The number of amides is 2. The molecular weight excluding hydrogens is 268 g/mol. The summed E-state index contributed by atoms with van der Waals surface area (Å²) >= 11 is 1.35. The second-order valence-electron chi connectivity index (χ2n) is 4.14. The lowest BCUT2D eigenvalue weighted by Crippen LogP contribution is -2.28. The molecule has 102 valence electrons. The highest BCUT2D eigenvalue weighted by Gasteiger charge is 2.11. The fraction of sp³-hybridized carbons (Fsp3) is 0.500. The number of carbonyl (C=O) groups excluding carboxylic acids is 1. The predicted molar refractivity (Wildman–Crippen MR) is 68.9 cm³/mol. The number of nitrogens with one attached hydrogen (secondary N) is 2. The van der Waals surface area contributed by atoms with Crippen LogP contribution in [0.15, 0.2) is 4.52 Å². The molecule has 8 nitrogen and oxygen atoms in total. The third-order valence-corrected chi connectivity index (χ3v) is 3.27. The maximum atomic E-state index is 11.6. The average Bonchev–Trinajstić information content (AvgIpc) is 2.96. The minimum atomic E-state index is -0.381. The summed E-state index contributed by atoms with van der Waals surface area (Å²) in [5.41, 5.74) is 0. The Morgan fingerprint density at radius 1 is 1.42 bits per heavy atom. The van der Waals surface area contributed by atoms with Crippen LogP contribution in [0.4, 0.5) is 9.93 Å². The highest BCUT2D eigenvalue weighted by molar-refractivity contribution is 7.15. The Hall–Kier alpha value is -2.03. The van der Waals surface area contributed by atoms with Crippen LogP contribution >= 0.6 is 11.3 Å². The normalized spacial score (nSPS) is 10.7. The first-order valence-electron chi connectivity index (χ1n) is 5.72. The van der Waals surface area contributed by atoms with Crippen LogP contribution in [0.2, 0.25) is 0 Å². The van der Waals surface area contributed by atoms with Gasteiger partial charge in [0.1, 0.15) is 5.01 Å². The number of urea groups is 1. The fourth-order valence-electron chi connectivity index (χ4n) is 1.23. The summed E-state index contributed by atoms with van der Waals surface area (Å²) in [6, 6.07) is -0.381. The Balaban J connectivity index is 1.83. The molecule has 0 aliphatic rings. The molecule has 2 amide bonds. The average molecular weight is 282 g/mol. The predicted octanol–water partition coefficient (Wildman–Crippen LogP) is 1.67. The van der Waals surface area contributed by atoms with Gasteiger partial charge in [-0.25, -0.2) is 4.79 Å². The fourth-order valence-corrected chi connectivity index (χ4v) is 1.97. The molecule has 2 N–H and O–H groups in total. The monoisotopic (exact) mass is 282 g/mol. The number of carbonyl (C=O) groups is 1. The Morgan fingerprint density at radius 3 is 2.79 bits per heavy atom. The highest BCUT2D eigenvalue weighted by atomic mass is 32.1. The second-order valence-corrected chi connectivity index (χ2v) is 5.15. The van der Waals surface area contributed by atoms with Crippen molar-refractivity contribution < 1.29 is 9.32 Å². The smallest absolute Gasteiger partial charge is 0.321 e. The lowest BCUT2D eigenvalue weighted by molar-refractivity contribution is 0.251. The van der Waals surface area contributed by atoms with Gasteiger partial charge in [0.15, 0.2) is 5.82 Å². The van der Waals surface area contributed by atoms with Gasteiger partial charge < -0.3 is 9.84 Å². The van der Waals surface area contributed by atoms with Crippen molar-refractivity contribution in [3.8, 4) is 0 Å². The van der Waals surface area contributed by atoms with Crippen LogP contribution in [0.5, 0.6) is 0 Å². The van der Waals surface area contributed by atoms with Gasteiger partial charge in [-0.2, -0.15) is 4.98 Å². The summed E-state index contributed by atoms with van der Waals surface area (Å²) in [5, 5.41) is 18.1. The highest BCUT2D eigenvalue weighted by Crippen LogP contribution is 2.22. The van der Waals surface area contributed by atoms with Crippen LogP contribution in [0.3, 0.4) is 0 Å². The summed E-state index contributed by atoms with van der Waals surface area (Å²) in [4.78, 5) is 15.6. The number of anilines is 1. The SMILES string of the molecule is Cc1nc(CNC(=O)Nc2nnc(C(C)C)s2)no1. The van der Waals surface area contributed by atoms with Gasteiger partial charge >= 0.3 is 6.03 Å². The molecule has 2 aromatic rings. The number of aromatic nitrogens is 4. The minimum Gasteiger partial charge on any atom is -0.340 e. The van der Waals surface area contributed by atoms with Gasteiger partial charge in [-0.15, -0.1) is 10.2 Å². The Labute approximate surface area is 113 Å². The van der Waals surface area contributed by atoms with E-state index in [9.17, 15) is 4.79 Å². The van der Waals surface area contributed by atoms with E-state index >= 15 is 0 Å². The van der Waals surface area contributed by atoms with Gasteiger partial charge in [0.25, 0.3) is 0 Å². The Kier molecular flexibility index (Phi) is 4.05. The zero-order valence-corrected chi connectivity index (χ0v) is 11.6. The van der Waals surface area contributed by atoms with Crippen molar-refractivity contribution in [2.24, 2.45) is 0 Å². The van der Waals surface area contributed by atoms with Crippen molar-refractivity contribution in [3.63, 3.8) is 0 Å². The lowest BCUT2D eigenvalue weighted by atomic mass is 10.2. The van der Waals surface area contributed by atoms with Gasteiger partial charge in [-0.05, 0) is 0 Å². The first-order chi connectivity index (χ1) is 9.04. The molecule has 2 heterocycles. The number of hydrogen-bond acceptors (Lipinski definition) is 7. The van der Waals surface area contributed by atoms with E-state index in [-0.39, 0.29) is 12.6 Å². The van der Waals surface area contributed by atoms with Crippen LogP contribution < -0.4 is 10.6 Å². The van der Waals surface area contributed by atoms with Crippen molar-refractivity contribution in [3.05, 3.63) is 16.7 Å². The van der Waals surface area contributed by atoms with E-state index in [4.69, 9.17) is 4.52 Å². The summed E-state index contributed by atoms with van der Waals surface area (Å²) in [6.07, 6.45) is 0. The maximum absolute atomic E-state index is 11.6. The molecule has 0 aliphatic carbocycles. The molecule has 2 rings (SSSR count). The zero-order valence-electron chi connectivity index (χ0n) is 10.8. The van der Waals surface area contributed by atoms with E-state index in [1.54, 1.807) is 6.92 Å². The molecule has 9 heteroatoms. The molecule has 0 saturated heterocycles. The first-order valence-corrected chi connectivity index (χ1v) is 6.53. The van der Waals surface area contributed by atoms with Gasteiger partial charge in [0, 0.05) is 12.8 Å². The first kappa shape index (κ1) is 13.4. The van der Waals surface area contributed by atoms with Gasteiger partial charge in [-0.3, -0.25) is 5.32 Å². The quantitative estimate of drug-likeness (QED) is 0.883. The number of nitrogens with zero attached hydrogens (tertiary/aromatic N) is 4. The van der Waals surface area contributed by atoms with E-state index in [1.807, 2.05) is 13.8 Å². The molecular formula is C10H14N6O2S. The Morgan fingerprint density at radius 2 is 2.21 bits per heavy atom. The van der Waals surface area contributed by atoms with E-state index in [0.29, 0.717) is 22.8 Å². The molecule has 0 atom stereocenters. The van der Waals surface area contributed by atoms with Crippen LogP contribution in [0.1, 0.15) is 36.5 Å². The molecule has 0 radical (unpaired) electrons. The maximum Gasteiger partial charge on any atom is 0.321 e. The molecule has 19 heavy (non-hydrogen) atoms. The van der Waals surface area contributed by atoms with E-state index in [2.05, 4.69) is 31.0 Å². The lowest BCUT2D eigenvalue weighted by Gasteiger charge is -2.01.